The maximum atomic E-state index is 5.35. The molecule has 1 saturated heterocycles. The van der Waals surface area contributed by atoms with Gasteiger partial charge in [0.15, 0.2) is 0 Å². The van der Waals surface area contributed by atoms with Crippen LogP contribution in [0.2, 0.25) is 0 Å². The Kier molecular flexibility index (Phi) is 3.38. The second-order valence-corrected chi connectivity index (χ2v) is 5.70. The molecule has 1 unspecified atom stereocenters. The summed E-state index contributed by atoms with van der Waals surface area (Å²) in [6.07, 6.45) is 2.98. The third-order valence-corrected chi connectivity index (χ3v) is 3.57. The van der Waals surface area contributed by atoms with Crippen LogP contribution in [0.15, 0.2) is 18.3 Å². The van der Waals surface area contributed by atoms with Crippen LogP contribution in [0.1, 0.15) is 38.7 Å². The first-order chi connectivity index (χ1) is 8.02. The molecule has 1 aromatic rings. The molecule has 0 aromatic carbocycles. The van der Waals surface area contributed by atoms with E-state index in [9.17, 15) is 0 Å². The summed E-state index contributed by atoms with van der Waals surface area (Å²) in [6.45, 7) is 9.08. The Hall–Kier alpha value is -1.09. The number of hydrogen-bond donors (Lipinski definition) is 0. The molecule has 0 amide bonds. The molecular formula is C14H22N2O. The molecule has 1 aliphatic rings. The first-order valence-electron chi connectivity index (χ1n) is 6.26. The molecule has 2 heterocycles. The van der Waals surface area contributed by atoms with Crippen molar-refractivity contribution >= 4 is 0 Å². The van der Waals surface area contributed by atoms with Gasteiger partial charge in [0.2, 0.25) is 5.88 Å². The lowest BCUT2D eigenvalue weighted by Gasteiger charge is -2.31. The van der Waals surface area contributed by atoms with Crippen LogP contribution in [0.4, 0.5) is 0 Å². The van der Waals surface area contributed by atoms with E-state index in [2.05, 4.69) is 36.7 Å². The summed E-state index contributed by atoms with van der Waals surface area (Å²) in [5.74, 6) is 1.34. The molecular weight excluding hydrogens is 212 g/mol. The maximum absolute atomic E-state index is 5.35. The summed E-state index contributed by atoms with van der Waals surface area (Å²) in [5.41, 5.74) is 1.51. The smallest absolute Gasteiger partial charge is 0.216 e. The van der Waals surface area contributed by atoms with E-state index in [0.717, 1.165) is 19.0 Å². The Bertz CT molecular complexity index is 384. The summed E-state index contributed by atoms with van der Waals surface area (Å²) in [5, 5.41) is 0. The number of methoxy groups -OCH3 is 1. The molecule has 0 radical (unpaired) electrons. The molecule has 94 valence electrons. The summed E-state index contributed by atoms with van der Waals surface area (Å²) < 4.78 is 5.35. The molecule has 1 aromatic heterocycles. The van der Waals surface area contributed by atoms with Gasteiger partial charge in [0.05, 0.1) is 7.11 Å². The number of ether oxygens (including phenoxy) is 1. The van der Waals surface area contributed by atoms with Gasteiger partial charge in [-0.1, -0.05) is 6.07 Å². The molecule has 1 aliphatic heterocycles. The van der Waals surface area contributed by atoms with Crippen molar-refractivity contribution in [1.82, 2.24) is 9.88 Å². The van der Waals surface area contributed by atoms with E-state index in [1.54, 1.807) is 13.3 Å². The van der Waals surface area contributed by atoms with Crippen molar-refractivity contribution in [2.45, 2.75) is 38.6 Å². The van der Waals surface area contributed by atoms with Crippen LogP contribution in [-0.2, 0) is 0 Å². The lowest BCUT2D eigenvalue weighted by Crippen LogP contribution is -2.39. The first-order valence-corrected chi connectivity index (χ1v) is 6.26. The van der Waals surface area contributed by atoms with Gasteiger partial charge in [-0.05, 0) is 39.8 Å². The fourth-order valence-corrected chi connectivity index (χ4v) is 2.51. The Labute approximate surface area is 104 Å². The molecule has 1 atom stereocenters. The number of hydrogen-bond acceptors (Lipinski definition) is 3. The second kappa shape index (κ2) is 4.65. The van der Waals surface area contributed by atoms with Gasteiger partial charge in [-0.15, -0.1) is 0 Å². The van der Waals surface area contributed by atoms with Gasteiger partial charge >= 0.3 is 0 Å². The van der Waals surface area contributed by atoms with Crippen molar-refractivity contribution in [3.05, 3.63) is 23.9 Å². The zero-order valence-corrected chi connectivity index (χ0v) is 11.2. The lowest BCUT2D eigenvalue weighted by molar-refractivity contribution is 0.172. The van der Waals surface area contributed by atoms with Gasteiger partial charge in [-0.2, -0.15) is 0 Å². The number of pyridine rings is 1. The van der Waals surface area contributed by atoms with Crippen molar-refractivity contribution in [1.29, 1.82) is 0 Å². The largest absolute Gasteiger partial charge is 0.481 e. The van der Waals surface area contributed by atoms with Gasteiger partial charge < -0.3 is 4.74 Å². The number of rotatable bonds is 2. The summed E-state index contributed by atoms with van der Waals surface area (Å²) in [6, 6.07) is 4.14. The number of nitrogens with zero attached hydrogens (tertiary/aromatic N) is 2. The molecule has 0 N–H and O–H groups in total. The van der Waals surface area contributed by atoms with Gasteiger partial charge in [-0.25, -0.2) is 4.98 Å². The van der Waals surface area contributed by atoms with E-state index in [4.69, 9.17) is 4.74 Å². The predicted molar refractivity (Wildman–Crippen MR) is 69.5 cm³/mol. The molecule has 0 spiro atoms. The van der Waals surface area contributed by atoms with Crippen molar-refractivity contribution in [2.75, 3.05) is 20.2 Å². The van der Waals surface area contributed by atoms with Gasteiger partial charge in [0.1, 0.15) is 0 Å². The van der Waals surface area contributed by atoms with Crippen LogP contribution < -0.4 is 4.74 Å². The molecule has 0 bridgehead atoms. The summed E-state index contributed by atoms with van der Waals surface area (Å²) in [7, 11) is 1.70. The molecule has 0 saturated carbocycles. The average molecular weight is 234 g/mol. The molecule has 2 rings (SSSR count). The van der Waals surface area contributed by atoms with Gasteiger partial charge in [0, 0.05) is 29.8 Å². The average Bonchev–Trinajstić information content (AvgIpc) is 2.77. The van der Waals surface area contributed by atoms with Crippen molar-refractivity contribution in [2.24, 2.45) is 0 Å². The highest BCUT2D eigenvalue weighted by Crippen LogP contribution is 2.34. The van der Waals surface area contributed by atoms with E-state index >= 15 is 0 Å². The number of aromatic nitrogens is 1. The van der Waals surface area contributed by atoms with Crippen LogP contribution in [0.3, 0.4) is 0 Å². The minimum atomic E-state index is 0.254. The fourth-order valence-electron chi connectivity index (χ4n) is 2.51. The van der Waals surface area contributed by atoms with Crippen molar-refractivity contribution in [3.8, 4) is 5.88 Å². The van der Waals surface area contributed by atoms with Crippen LogP contribution in [0, 0.1) is 0 Å². The second-order valence-electron chi connectivity index (χ2n) is 5.70. The normalized spacial score (nSPS) is 21.8. The highest BCUT2D eigenvalue weighted by molar-refractivity contribution is 5.30. The minimum absolute atomic E-state index is 0.254. The molecule has 3 heteroatoms. The molecule has 17 heavy (non-hydrogen) atoms. The standard InChI is InChI=1S/C14H22N2O/c1-14(2,3)16-9-7-11(10-16)12-6-5-8-15-13(12)17-4/h5-6,8,11H,7,9-10H2,1-4H3. The fraction of sp³-hybridized carbons (Fsp3) is 0.643. The van der Waals surface area contributed by atoms with E-state index in [1.165, 1.54) is 12.0 Å². The third-order valence-electron chi connectivity index (χ3n) is 3.57. The quantitative estimate of drug-likeness (QED) is 0.786. The van der Waals surface area contributed by atoms with E-state index in [0.29, 0.717) is 5.92 Å². The minimum Gasteiger partial charge on any atom is -0.481 e. The van der Waals surface area contributed by atoms with Crippen LogP contribution in [-0.4, -0.2) is 35.6 Å². The van der Waals surface area contributed by atoms with E-state index < -0.39 is 0 Å². The van der Waals surface area contributed by atoms with Gasteiger partial charge in [-0.3, -0.25) is 4.90 Å². The monoisotopic (exact) mass is 234 g/mol. The lowest BCUT2D eigenvalue weighted by atomic mass is 9.99. The molecule has 1 fully saturated rings. The Balaban J connectivity index is 2.15. The van der Waals surface area contributed by atoms with Crippen molar-refractivity contribution < 1.29 is 4.74 Å². The topological polar surface area (TPSA) is 25.4 Å². The van der Waals surface area contributed by atoms with E-state index in [1.807, 2.05) is 6.07 Å². The first kappa shape index (κ1) is 12.4. The third kappa shape index (κ3) is 2.60. The van der Waals surface area contributed by atoms with Gasteiger partial charge in [0.25, 0.3) is 0 Å². The molecule has 0 aliphatic carbocycles. The van der Waals surface area contributed by atoms with Crippen LogP contribution in [0.5, 0.6) is 5.88 Å². The van der Waals surface area contributed by atoms with E-state index in [-0.39, 0.29) is 5.54 Å². The summed E-state index contributed by atoms with van der Waals surface area (Å²) in [4.78, 5) is 6.82. The maximum Gasteiger partial charge on any atom is 0.216 e. The van der Waals surface area contributed by atoms with Crippen molar-refractivity contribution in [3.63, 3.8) is 0 Å². The Morgan fingerprint density at radius 3 is 2.76 bits per heavy atom. The Morgan fingerprint density at radius 1 is 1.41 bits per heavy atom. The highest BCUT2D eigenvalue weighted by Gasteiger charge is 2.32. The number of likely N-dealkylation sites (tertiary alicyclic amines) is 1. The van der Waals surface area contributed by atoms with Crippen LogP contribution in [0.25, 0.3) is 0 Å². The van der Waals surface area contributed by atoms with Crippen LogP contribution >= 0.6 is 0 Å². The zero-order chi connectivity index (χ0) is 12.5. The molecule has 3 nitrogen and oxygen atoms in total. The zero-order valence-electron chi connectivity index (χ0n) is 11.2. The highest BCUT2D eigenvalue weighted by atomic mass is 16.5. The Morgan fingerprint density at radius 2 is 2.18 bits per heavy atom. The SMILES string of the molecule is COc1ncccc1C1CCN(C(C)(C)C)C1. The summed E-state index contributed by atoms with van der Waals surface area (Å²) >= 11 is 0. The predicted octanol–water partition coefficient (Wildman–Crippen LogP) is 2.68.